The smallest absolute Gasteiger partial charge is 0.150 e. The summed E-state index contributed by atoms with van der Waals surface area (Å²) in [5.41, 5.74) is 0. The van der Waals surface area contributed by atoms with Crippen LogP contribution in [0.4, 0.5) is 0 Å². The fourth-order valence-electron chi connectivity index (χ4n) is 0.437. The Bertz CT molecular complexity index is 149. The van der Waals surface area contributed by atoms with Crippen molar-refractivity contribution in [3.8, 4) is 0 Å². The summed E-state index contributed by atoms with van der Waals surface area (Å²) in [6.45, 7) is 2.00. The molecular formula is C5H7N3. The van der Waals surface area contributed by atoms with Crippen LogP contribution in [0, 0.1) is 0 Å². The topological polar surface area (TPSA) is 38.7 Å². The van der Waals surface area contributed by atoms with Crippen LogP contribution in [0.2, 0.25) is 0 Å². The van der Waals surface area contributed by atoms with Crippen molar-refractivity contribution in [3.63, 3.8) is 0 Å². The Hall–Kier alpha value is -0.990. The lowest BCUT2D eigenvalue weighted by Gasteiger charge is -1.86. The highest BCUT2D eigenvalue weighted by atomic mass is 15.1. The minimum atomic E-state index is 0.799. The second-order valence-corrected chi connectivity index (χ2v) is 1.41. The van der Waals surface area contributed by atoms with E-state index in [2.05, 4.69) is 15.2 Å². The molecule has 0 saturated heterocycles. The largest absolute Gasteiger partial charge is 0.238 e. The number of hydrogen-bond donors (Lipinski definition) is 0. The van der Waals surface area contributed by atoms with Crippen LogP contribution in [-0.4, -0.2) is 15.2 Å². The first-order valence-corrected chi connectivity index (χ1v) is 2.56. The van der Waals surface area contributed by atoms with Crippen LogP contribution in [0.15, 0.2) is 12.4 Å². The first-order valence-electron chi connectivity index (χ1n) is 2.56. The predicted octanol–water partition coefficient (Wildman–Crippen LogP) is 0.434. The van der Waals surface area contributed by atoms with Crippen LogP contribution in [0.3, 0.4) is 0 Å². The Kier molecular flexibility index (Phi) is 1.51. The van der Waals surface area contributed by atoms with E-state index >= 15 is 0 Å². The van der Waals surface area contributed by atoms with Crippen LogP contribution < -0.4 is 0 Å². The highest BCUT2D eigenvalue weighted by molar-refractivity contribution is 4.78. The van der Waals surface area contributed by atoms with Crippen molar-refractivity contribution in [2.45, 2.75) is 13.3 Å². The molecule has 0 radical (unpaired) electrons. The average Bonchev–Trinajstić information content (AvgIpc) is 1.90. The summed E-state index contributed by atoms with van der Waals surface area (Å²) in [6, 6.07) is 0. The molecule has 0 aliphatic carbocycles. The zero-order chi connectivity index (χ0) is 5.82. The van der Waals surface area contributed by atoms with Gasteiger partial charge in [-0.15, -0.1) is 5.10 Å². The van der Waals surface area contributed by atoms with Gasteiger partial charge in [-0.2, -0.15) is 5.10 Å². The first kappa shape index (κ1) is 5.15. The highest BCUT2D eigenvalue weighted by Gasteiger charge is 1.84. The maximum atomic E-state index is 3.92. The minimum absolute atomic E-state index is 0.799. The van der Waals surface area contributed by atoms with E-state index < -0.39 is 0 Å². The summed E-state index contributed by atoms with van der Waals surface area (Å²) in [6.07, 6.45) is 4.07. The van der Waals surface area contributed by atoms with Gasteiger partial charge in [0.1, 0.15) is 0 Å². The fourth-order valence-corrected chi connectivity index (χ4v) is 0.437. The van der Waals surface area contributed by atoms with Crippen LogP contribution in [-0.2, 0) is 6.42 Å². The normalized spacial score (nSPS) is 9.12. The summed E-state index contributed by atoms with van der Waals surface area (Å²) in [7, 11) is 0. The van der Waals surface area contributed by atoms with E-state index in [0.29, 0.717) is 0 Å². The second kappa shape index (κ2) is 2.35. The van der Waals surface area contributed by atoms with Crippen molar-refractivity contribution in [3.05, 3.63) is 18.2 Å². The Labute approximate surface area is 47.8 Å². The minimum Gasteiger partial charge on any atom is -0.238 e. The zero-order valence-corrected chi connectivity index (χ0v) is 4.70. The number of aromatic nitrogens is 3. The lowest BCUT2D eigenvalue weighted by Crippen LogP contribution is -1.91. The van der Waals surface area contributed by atoms with Gasteiger partial charge >= 0.3 is 0 Å². The standard InChI is InChI=1S/C5H7N3/c1-2-5-6-3-4-7-8-5/h3-4H,2H2,1H3. The molecule has 8 heavy (non-hydrogen) atoms. The van der Waals surface area contributed by atoms with Gasteiger partial charge in [-0.05, 0) is 0 Å². The Balaban J connectivity index is 2.83. The Morgan fingerprint density at radius 1 is 1.50 bits per heavy atom. The maximum Gasteiger partial charge on any atom is 0.150 e. The molecule has 3 heteroatoms. The predicted molar refractivity (Wildman–Crippen MR) is 29.2 cm³/mol. The SMILES string of the molecule is CCc1nccnn1. The third-order valence-electron chi connectivity index (χ3n) is 0.846. The van der Waals surface area contributed by atoms with Gasteiger partial charge in [-0.3, -0.25) is 0 Å². The summed E-state index contributed by atoms with van der Waals surface area (Å²) in [4.78, 5) is 3.92. The van der Waals surface area contributed by atoms with Gasteiger partial charge in [0, 0.05) is 12.6 Å². The van der Waals surface area contributed by atoms with Crippen molar-refractivity contribution < 1.29 is 0 Å². The third-order valence-corrected chi connectivity index (χ3v) is 0.846. The first-order chi connectivity index (χ1) is 3.93. The number of rotatable bonds is 1. The summed E-state index contributed by atoms with van der Waals surface area (Å²) in [5.74, 6) is 0.799. The van der Waals surface area contributed by atoms with Gasteiger partial charge in [0.05, 0.1) is 6.20 Å². The van der Waals surface area contributed by atoms with Crippen LogP contribution in [0.1, 0.15) is 12.7 Å². The van der Waals surface area contributed by atoms with Crippen molar-refractivity contribution in [1.82, 2.24) is 15.2 Å². The molecule has 3 nitrogen and oxygen atoms in total. The van der Waals surface area contributed by atoms with Crippen molar-refractivity contribution >= 4 is 0 Å². The average molecular weight is 109 g/mol. The molecule has 0 fully saturated rings. The van der Waals surface area contributed by atoms with Crippen molar-refractivity contribution in [2.75, 3.05) is 0 Å². The lowest BCUT2D eigenvalue weighted by atomic mass is 10.5. The van der Waals surface area contributed by atoms with E-state index in [4.69, 9.17) is 0 Å². The van der Waals surface area contributed by atoms with E-state index in [0.717, 1.165) is 12.2 Å². The molecule has 0 bridgehead atoms. The second-order valence-electron chi connectivity index (χ2n) is 1.41. The van der Waals surface area contributed by atoms with Crippen molar-refractivity contribution in [2.24, 2.45) is 0 Å². The summed E-state index contributed by atoms with van der Waals surface area (Å²) in [5, 5.41) is 7.38. The van der Waals surface area contributed by atoms with Gasteiger partial charge in [-0.1, -0.05) is 6.92 Å². The Morgan fingerprint density at radius 2 is 2.38 bits per heavy atom. The maximum absolute atomic E-state index is 3.92. The summed E-state index contributed by atoms with van der Waals surface area (Å²) < 4.78 is 0. The molecule has 0 spiro atoms. The van der Waals surface area contributed by atoms with Crippen LogP contribution in [0.25, 0.3) is 0 Å². The van der Waals surface area contributed by atoms with Crippen LogP contribution in [0.5, 0.6) is 0 Å². The molecule has 0 aliphatic heterocycles. The molecule has 1 aromatic heterocycles. The molecule has 1 aromatic rings. The molecule has 0 amide bonds. The van der Waals surface area contributed by atoms with Gasteiger partial charge in [0.15, 0.2) is 5.82 Å². The molecule has 0 unspecified atom stereocenters. The van der Waals surface area contributed by atoms with Gasteiger partial charge in [0.25, 0.3) is 0 Å². The number of nitrogens with zero attached hydrogens (tertiary/aromatic N) is 3. The number of aryl methyl sites for hydroxylation is 1. The molecule has 42 valence electrons. The van der Waals surface area contributed by atoms with Gasteiger partial charge in [-0.25, -0.2) is 4.98 Å². The molecule has 0 aromatic carbocycles. The van der Waals surface area contributed by atoms with Gasteiger partial charge in [0.2, 0.25) is 0 Å². The van der Waals surface area contributed by atoms with E-state index in [9.17, 15) is 0 Å². The summed E-state index contributed by atoms with van der Waals surface area (Å²) >= 11 is 0. The third kappa shape index (κ3) is 0.992. The number of hydrogen-bond acceptors (Lipinski definition) is 3. The van der Waals surface area contributed by atoms with E-state index in [-0.39, 0.29) is 0 Å². The molecule has 0 aliphatic rings. The molecule has 1 rings (SSSR count). The Morgan fingerprint density at radius 3 is 2.75 bits per heavy atom. The van der Waals surface area contributed by atoms with E-state index in [1.165, 1.54) is 0 Å². The van der Waals surface area contributed by atoms with E-state index in [1.807, 2.05) is 6.92 Å². The molecule has 0 N–H and O–H groups in total. The monoisotopic (exact) mass is 109 g/mol. The van der Waals surface area contributed by atoms with E-state index in [1.54, 1.807) is 12.4 Å². The molecular weight excluding hydrogens is 102 g/mol. The van der Waals surface area contributed by atoms with Crippen molar-refractivity contribution in [1.29, 1.82) is 0 Å². The molecule has 1 heterocycles. The molecule has 0 atom stereocenters. The zero-order valence-electron chi connectivity index (χ0n) is 4.70. The lowest BCUT2D eigenvalue weighted by molar-refractivity contribution is 0.847. The fraction of sp³-hybridized carbons (Fsp3) is 0.400. The highest BCUT2D eigenvalue weighted by Crippen LogP contribution is 1.82. The van der Waals surface area contributed by atoms with Crippen LogP contribution >= 0.6 is 0 Å². The van der Waals surface area contributed by atoms with Gasteiger partial charge < -0.3 is 0 Å². The molecule has 0 saturated carbocycles. The quantitative estimate of drug-likeness (QED) is 0.525.